The highest BCUT2D eigenvalue weighted by molar-refractivity contribution is 6.38. The van der Waals surface area contributed by atoms with Gasteiger partial charge in [0.25, 0.3) is 11.8 Å². The number of Topliss-reactive ketones (excluding diaryl/α,β-unsaturated/α-hetero) is 1. The van der Waals surface area contributed by atoms with E-state index in [0.717, 1.165) is 12.1 Å². The summed E-state index contributed by atoms with van der Waals surface area (Å²) >= 11 is 0. The third-order valence-corrected chi connectivity index (χ3v) is 5.86. The number of alkyl halides is 3. The first-order chi connectivity index (χ1) is 19.1. The summed E-state index contributed by atoms with van der Waals surface area (Å²) in [6.07, 6.45) is -4.79. The molecule has 4 aromatic rings. The van der Waals surface area contributed by atoms with Gasteiger partial charge in [0.15, 0.2) is 5.76 Å². The van der Waals surface area contributed by atoms with Crippen LogP contribution in [0.4, 0.5) is 13.2 Å². The second-order valence-corrected chi connectivity index (χ2v) is 8.79. The summed E-state index contributed by atoms with van der Waals surface area (Å²) in [5.74, 6) is -2.70. The number of rotatable bonds is 10. The molecule has 0 spiro atoms. The van der Waals surface area contributed by atoms with Crippen molar-refractivity contribution >= 4 is 17.6 Å². The minimum atomic E-state index is -4.83. The number of amides is 2. The lowest BCUT2D eigenvalue weighted by Gasteiger charge is -2.18. The zero-order chi connectivity index (χ0) is 28.7. The Morgan fingerprint density at radius 2 is 1.52 bits per heavy atom. The Hall–Kier alpha value is -4.93. The molecule has 2 amide bonds. The molecule has 1 atom stereocenters. The fourth-order valence-electron chi connectivity index (χ4n) is 3.95. The molecule has 0 radical (unpaired) electrons. The molecule has 0 aliphatic heterocycles. The number of ketones is 1. The van der Waals surface area contributed by atoms with Gasteiger partial charge in [-0.2, -0.15) is 0 Å². The highest BCUT2D eigenvalue weighted by Crippen LogP contribution is 2.26. The molecule has 0 unspecified atom stereocenters. The molecule has 0 fully saturated rings. The van der Waals surface area contributed by atoms with Crippen molar-refractivity contribution in [1.29, 1.82) is 0 Å². The molecule has 4 rings (SSSR count). The number of carbonyl (C=O) groups is 3. The maximum absolute atomic E-state index is 13.4. The molecular weight excluding hydrogens is 527 g/mol. The van der Waals surface area contributed by atoms with Gasteiger partial charge in [-0.05, 0) is 30.2 Å². The van der Waals surface area contributed by atoms with Gasteiger partial charge in [0.1, 0.15) is 17.4 Å². The Balaban J connectivity index is 1.49. The summed E-state index contributed by atoms with van der Waals surface area (Å²) in [7, 11) is 0. The van der Waals surface area contributed by atoms with Gasteiger partial charge in [-0.25, -0.2) is 0 Å². The minimum absolute atomic E-state index is 0.0350. The van der Waals surface area contributed by atoms with Crippen LogP contribution in [0.25, 0.3) is 11.3 Å². The number of hydrogen-bond donors (Lipinski definition) is 2. The summed E-state index contributed by atoms with van der Waals surface area (Å²) in [5.41, 5.74) is 2.21. The maximum atomic E-state index is 13.4. The highest BCUT2D eigenvalue weighted by Gasteiger charge is 2.32. The number of ether oxygens (including phenoxy) is 1. The summed E-state index contributed by atoms with van der Waals surface area (Å²) < 4.78 is 46.3. The van der Waals surface area contributed by atoms with E-state index in [-0.39, 0.29) is 24.3 Å². The van der Waals surface area contributed by atoms with E-state index in [1.54, 1.807) is 61.5 Å². The predicted molar refractivity (Wildman–Crippen MR) is 138 cm³/mol. The fourth-order valence-corrected chi connectivity index (χ4v) is 3.95. The smallest absolute Gasteiger partial charge is 0.406 e. The Morgan fingerprint density at radius 1 is 0.900 bits per heavy atom. The molecule has 1 heterocycles. The second kappa shape index (κ2) is 12.3. The van der Waals surface area contributed by atoms with Crippen LogP contribution in [-0.2, 0) is 22.6 Å². The van der Waals surface area contributed by atoms with Crippen molar-refractivity contribution < 1.29 is 36.8 Å². The van der Waals surface area contributed by atoms with Crippen LogP contribution in [-0.4, -0.2) is 35.2 Å². The molecular formula is C29H24F3N3O5. The van der Waals surface area contributed by atoms with Crippen LogP contribution >= 0.6 is 0 Å². The average molecular weight is 552 g/mol. The van der Waals surface area contributed by atoms with E-state index in [2.05, 4.69) is 20.5 Å². The van der Waals surface area contributed by atoms with Crippen LogP contribution in [0.2, 0.25) is 0 Å². The molecule has 2 N–H and O–H groups in total. The van der Waals surface area contributed by atoms with Gasteiger partial charge in [-0.15, -0.1) is 13.2 Å². The molecule has 8 nitrogen and oxygen atoms in total. The molecule has 0 saturated heterocycles. The van der Waals surface area contributed by atoms with E-state index >= 15 is 0 Å². The number of halogens is 3. The summed E-state index contributed by atoms with van der Waals surface area (Å²) in [6, 6.07) is 21.3. The largest absolute Gasteiger partial charge is 0.573 e. The molecule has 0 saturated carbocycles. The van der Waals surface area contributed by atoms with Gasteiger partial charge < -0.3 is 19.9 Å². The Morgan fingerprint density at radius 3 is 2.15 bits per heavy atom. The quantitative estimate of drug-likeness (QED) is 0.275. The molecule has 1 aromatic heterocycles. The predicted octanol–water partition coefficient (Wildman–Crippen LogP) is 4.78. The molecule has 206 valence electrons. The van der Waals surface area contributed by atoms with Crippen molar-refractivity contribution in [1.82, 2.24) is 15.8 Å². The van der Waals surface area contributed by atoms with Crippen LogP contribution < -0.4 is 15.4 Å². The second-order valence-electron chi connectivity index (χ2n) is 8.79. The summed E-state index contributed by atoms with van der Waals surface area (Å²) in [6.45, 7) is 1.46. The first-order valence-corrected chi connectivity index (χ1v) is 12.1. The lowest BCUT2D eigenvalue weighted by molar-refractivity contribution is -0.274. The van der Waals surface area contributed by atoms with Gasteiger partial charge in [-0.3, -0.25) is 14.4 Å². The van der Waals surface area contributed by atoms with Gasteiger partial charge >= 0.3 is 6.36 Å². The van der Waals surface area contributed by atoms with Crippen molar-refractivity contribution in [3.63, 3.8) is 0 Å². The zero-order valence-corrected chi connectivity index (χ0v) is 21.2. The van der Waals surface area contributed by atoms with Crippen molar-refractivity contribution in [3.8, 4) is 17.1 Å². The number of aromatic nitrogens is 1. The Bertz CT molecular complexity index is 1470. The molecule has 0 bridgehead atoms. The maximum Gasteiger partial charge on any atom is 0.573 e. The molecule has 0 aliphatic carbocycles. The molecule has 0 aliphatic rings. The normalized spacial score (nSPS) is 11.9. The van der Waals surface area contributed by atoms with Crippen LogP contribution in [0.1, 0.15) is 27.2 Å². The first kappa shape index (κ1) is 28.1. The van der Waals surface area contributed by atoms with Crippen molar-refractivity contribution in [3.05, 3.63) is 107 Å². The van der Waals surface area contributed by atoms with Gasteiger partial charge in [-0.1, -0.05) is 78.0 Å². The standard InChI is InChI=1S/C29H24F3N3O5/c1-18-24(26(40-35-18)21-10-6-3-7-11-21)27(37)34-23(16-19-8-4-2-5-9-19)25(36)28(38)33-17-20-12-14-22(15-13-20)39-29(30,31)32/h2-15,23H,16-17H2,1H3,(H,33,38)(H,34,37)/t23-/m0/s1. The highest BCUT2D eigenvalue weighted by atomic mass is 19.4. The number of carbonyl (C=O) groups excluding carboxylic acids is 3. The fraction of sp³-hybridized carbons (Fsp3) is 0.172. The number of nitrogens with zero attached hydrogens (tertiary/aromatic N) is 1. The number of benzene rings is 3. The van der Waals surface area contributed by atoms with E-state index in [1.165, 1.54) is 12.1 Å². The lowest BCUT2D eigenvalue weighted by atomic mass is 10.00. The first-order valence-electron chi connectivity index (χ1n) is 12.1. The van der Waals surface area contributed by atoms with Gasteiger partial charge in [0.2, 0.25) is 5.78 Å². The van der Waals surface area contributed by atoms with Crippen LogP contribution in [0.15, 0.2) is 89.5 Å². The Kier molecular flexibility index (Phi) is 8.63. The van der Waals surface area contributed by atoms with E-state index in [0.29, 0.717) is 22.4 Å². The third kappa shape index (κ3) is 7.34. The minimum Gasteiger partial charge on any atom is -0.406 e. The van der Waals surface area contributed by atoms with Crippen molar-refractivity contribution in [2.75, 3.05) is 0 Å². The van der Waals surface area contributed by atoms with E-state index in [1.807, 2.05) is 6.07 Å². The number of aryl methyl sites for hydroxylation is 1. The average Bonchev–Trinajstić information content (AvgIpc) is 3.33. The van der Waals surface area contributed by atoms with Crippen LogP contribution in [0.3, 0.4) is 0 Å². The van der Waals surface area contributed by atoms with Crippen molar-refractivity contribution in [2.24, 2.45) is 0 Å². The number of hydrogen-bond acceptors (Lipinski definition) is 6. The van der Waals surface area contributed by atoms with Gasteiger partial charge in [0, 0.05) is 18.5 Å². The molecule has 3 aromatic carbocycles. The third-order valence-electron chi connectivity index (χ3n) is 5.86. The monoisotopic (exact) mass is 551 g/mol. The SMILES string of the molecule is Cc1noc(-c2ccccc2)c1C(=O)N[C@@H](Cc1ccccc1)C(=O)C(=O)NCc1ccc(OC(F)(F)F)cc1. The van der Waals surface area contributed by atoms with Crippen LogP contribution in [0.5, 0.6) is 5.75 Å². The number of nitrogens with one attached hydrogen (secondary N) is 2. The summed E-state index contributed by atoms with van der Waals surface area (Å²) in [4.78, 5) is 39.4. The van der Waals surface area contributed by atoms with E-state index in [9.17, 15) is 27.6 Å². The summed E-state index contributed by atoms with van der Waals surface area (Å²) in [5, 5.41) is 9.01. The zero-order valence-electron chi connectivity index (χ0n) is 21.2. The topological polar surface area (TPSA) is 111 Å². The van der Waals surface area contributed by atoms with Gasteiger partial charge in [0.05, 0.1) is 5.69 Å². The van der Waals surface area contributed by atoms with Crippen LogP contribution in [0, 0.1) is 6.92 Å². The van der Waals surface area contributed by atoms with Crippen molar-refractivity contribution in [2.45, 2.75) is 32.3 Å². The molecule has 40 heavy (non-hydrogen) atoms. The molecule has 11 heteroatoms. The Labute approximate surface area is 227 Å². The lowest BCUT2D eigenvalue weighted by Crippen LogP contribution is -2.48. The van der Waals surface area contributed by atoms with E-state index in [4.69, 9.17) is 4.52 Å². The van der Waals surface area contributed by atoms with E-state index < -0.39 is 35.8 Å².